The van der Waals surface area contributed by atoms with Gasteiger partial charge in [0, 0.05) is 43.3 Å². The van der Waals surface area contributed by atoms with Gasteiger partial charge in [0.05, 0.1) is 6.20 Å². The number of nitrogens with zero attached hydrogens (tertiary/aromatic N) is 2. The van der Waals surface area contributed by atoms with E-state index >= 15 is 0 Å². The number of aryl methyl sites for hydroxylation is 2. The molecule has 1 aromatic carbocycles. The van der Waals surface area contributed by atoms with E-state index in [1.807, 2.05) is 36.1 Å². The number of rotatable bonds is 5. The van der Waals surface area contributed by atoms with Crippen molar-refractivity contribution in [2.45, 2.75) is 57.9 Å². The SMILES string of the molecule is Cc1ccc(-c2cnc(CCC(=O)N3CCC[C@H]3[C@H]3CCCC3=O)o2)cc1. The number of ketones is 1. The molecule has 1 amide bonds. The average molecular weight is 366 g/mol. The van der Waals surface area contributed by atoms with Gasteiger partial charge in [0.25, 0.3) is 0 Å². The standard InChI is InChI=1S/C22H26N2O3/c1-15-7-9-16(10-8-15)20-14-23-21(27-20)11-12-22(26)24-13-3-5-18(24)17-4-2-6-19(17)25/h7-10,14,17-18H,2-6,11-13H2,1H3/t17-,18+/m1/s1. The largest absolute Gasteiger partial charge is 0.441 e. The molecule has 1 saturated carbocycles. The van der Waals surface area contributed by atoms with Crippen LogP contribution in [0.15, 0.2) is 34.9 Å². The summed E-state index contributed by atoms with van der Waals surface area (Å²) in [6.07, 6.45) is 7.14. The summed E-state index contributed by atoms with van der Waals surface area (Å²) < 4.78 is 5.83. The molecule has 2 aromatic rings. The Bertz CT molecular complexity index is 824. The van der Waals surface area contributed by atoms with E-state index in [4.69, 9.17) is 4.42 Å². The van der Waals surface area contributed by atoms with Crippen LogP contribution in [0, 0.1) is 12.8 Å². The highest BCUT2D eigenvalue weighted by atomic mass is 16.4. The average Bonchev–Trinajstić information content (AvgIpc) is 3.40. The first kappa shape index (κ1) is 18.0. The van der Waals surface area contributed by atoms with Crippen LogP contribution in [0.4, 0.5) is 0 Å². The lowest BCUT2D eigenvalue weighted by Crippen LogP contribution is -2.41. The van der Waals surface area contributed by atoms with Gasteiger partial charge in [0.2, 0.25) is 5.91 Å². The topological polar surface area (TPSA) is 63.4 Å². The number of aromatic nitrogens is 1. The van der Waals surface area contributed by atoms with Crippen molar-refractivity contribution in [1.29, 1.82) is 0 Å². The highest BCUT2D eigenvalue weighted by molar-refractivity contribution is 5.85. The molecule has 5 nitrogen and oxygen atoms in total. The third kappa shape index (κ3) is 3.82. The van der Waals surface area contributed by atoms with E-state index < -0.39 is 0 Å². The minimum Gasteiger partial charge on any atom is -0.441 e. The van der Waals surface area contributed by atoms with Gasteiger partial charge < -0.3 is 9.32 Å². The number of likely N-dealkylation sites (tertiary alicyclic amines) is 1. The van der Waals surface area contributed by atoms with Crippen molar-refractivity contribution < 1.29 is 14.0 Å². The molecule has 2 atom stereocenters. The minimum absolute atomic E-state index is 0.0614. The predicted molar refractivity (Wildman–Crippen MR) is 102 cm³/mol. The van der Waals surface area contributed by atoms with Gasteiger partial charge in [0.15, 0.2) is 11.7 Å². The van der Waals surface area contributed by atoms with Crippen LogP contribution in [0.1, 0.15) is 50.0 Å². The highest BCUT2D eigenvalue weighted by Crippen LogP contribution is 2.33. The van der Waals surface area contributed by atoms with Crippen molar-refractivity contribution in [2.24, 2.45) is 5.92 Å². The van der Waals surface area contributed by atoms with Crippen molar-refractivity contribution in [2.75, 3.05) is 6.54 Å². The van der Waals surface area contributed by atoms with Crippen molar-refractivity contribution in [3.8, 4) is 11.3 Å². The number of hydrogen-bond acceptors (Lipinski definition) is 4. The van der Waals surface area contributed by atoms with E-state index in [0.717, 1.165) is 43.6 Å². The Hall–Kier alpha value is -2.43. The molecule has 1 aliphatic carbocycles. The van der Waals surface area contributed by atoms with Gasteiger partial charge in [-0.25, -0.2) is 4.98 Å². The van der Waals surface area contributed by atoms with E-state index in [1.165, 1.54) is 5.56 Å². The van der Waals surface area contributed by atoms with Crippen LogP contribution in [0.2, 0.25) is 0 Å². The van der Waals surface area contributed by atoms with Crippen LogP contribution in [-0.4, -0.2) is 34.2 Å². The van der Waals surface area contributed by atoms with E-state index in [1.54, 1.807) is 6.20 Å². The number of carbonyl (C=O) groups excluding carboxylic acids is 2. The van der Waals surface area contributed by atoms with Crippen LogP contribution in [0.25, 0.3) is 11.3 Å². The second-order valence-electron chi connectivity index (χ2n) is 7.75. The van der Waals surface area contributed by atoms with Crippen LogP contribution in [-0.2, 0) is 16.0 Å². The third-order valence-electron chi connectivity index (χ3n) is 5.88. The lowest BCUT2D eigenvalue weighted by molar-refractivity contribution is -0.134. The normalized spacial score (nSPS) is 22.6. The van der Waals surface area contributed by atoms with Gasteiger partial charge in [-0.2, -0.15) is 0 Å². The van der Waals surface area contributed by atoms with Crippen molar-refractivity contribution >= 4 is 11.7 Å². The van der Waals surface area contributed by atoms with Crippen molar-refractivity contribution in [1.82, 2.24) is 9.88 Å². The first-order chi connectivity index (χ1) is 13.1. The summed E-state index contributed by atoms with van der Waals surface area (Å²) in [5.74, 6) is 1.84. The molecular weight excluding hydrogens is 340 g/mol. The fourth-order valence-corrected chi connectivity index (χ4v) is 4.40. The Morgan fingerprint density at radius 1 is 1.22 bits per heavy atom. The summed E-state index contributed by atoms with van der Waals surface area (Å²) in [5.41, 5.74) is 2.19. The Morgan fingerprint density at radius 3 is 2.78 bits per heavy atom. The molecule has 2 fully saturated rings. The molecule has 27 heavy (non-hydrogen) atoms. The number of benzene rings is 1. The first-order valence-corrected chi connectivity index (χ1v) is 9.96. The summed E-state index contributed by atoms with van der Waals surface area (Å²) in [6.45, 7) is 2.82. The number of amides is 1. The number of carbonyl (C=O) groups is 2. The van der Waals surface area contributed by atoms with Crippen LogP contribution >= 0.6 is 0 Å². The smallest absolute Gasteiger partial charge is 0.223 e. The summed E-state index contributed by atoms with van der Waals surface area (Å²) in [6, 6.07) is 8.22. The molecule has 0 radical (unpaired) electrons. The molecular formula is C22H26N2O3. The van der Waals surface area contributed by atoms with Gasteiger partial charge in [-0.3, -0.25) is 9.59 Å². The number of hydrogen-bond donors (Lipinski definition) is 0. The Morgan fingerprint density at radius 2 is 2.04 bits per heavy atom. The zero-order valence-corrected chi connectivity index (χ0v) is 15.8. The summed E-state index contributed by atoms with van der Waals surface area (Å²) >= 11 is 0. The molecule has 0 bridgehead atoms. The summed E-state index contributed by atoms with van der Waals surface area (Å²) in [5, 5.41) is 0. The Kier molecular flexibility index (Phi) is 5.10. The van der Waals surface area contributed by atoms with Crippen LogP contribution in [0.5, 0.6) is 0 Å². The molecule has 5 heteroatoms. The number of oxazole rings is 1. The molecule has 0 N–H and O–H groups in total. The van der Waals surface area contributed by atoms with Gasteiger partial charge in [-0.05, 0) is 32.6 Å². The molecule has 1 saturated heterocycles. The van der Waals surface area contributed by atoms with Gasteiger partial charge >= 0.3 is 0 Å². The monoisotopic (exact) mass is 366 g/mol. The molecule has 2 aliphatic rings. The zero-order valence-electron chi connectivity index (χ0n) is 15.8. The van der Waals surface area contributed by atoms with Crippen molar-refractivity contribution in [3.63, 3.8) is 0 Å². The van der Waals surface area contributed by atoms with Gasteiger partial charge in [-0.15, -0.1) is 0 Å². The van der Waals surface area contributed by atoms with Gasteiger partial charge in [-0.1, -0.05) is 29.8 Å². The zero-order chi connectivity index (χ0) is 18.8. The summed E-state index contributed by atoms with van der Waals surface area (Å²) in [4.78, 5) is 31.1. The van der Waals surface area contributed by atoms with E-state index in [9.17, 15) is 9.59 Å². The third-order valence-corrected chi connectivity index (χ3v) is 5.88. The molecule has 2 heterocycles. The lowest BCUT2D eigenvalue weighted by atomic mass is 9.95. The first-order valence-electron chi connectivity index (χ1n) is 9.96. The Balaban J connectivity index is 1.36. The quantitative estimate of drug-likeness (QED) is 0.804. The van der Waals surface area contributed by atoms with Crippen LogP contribution in [0.3, 0.4) is 0 Å². The molecule has 1 aliphatic heterocycles. The molecule has 1 aromatic heterocycles. The van der Waals surface area contributed by atoms with E-state index in [2.05, 4.69) is 4.98 Å². The maximum Gasteiger partial charge on any atom is 0.223 e. The molecule has 4 rings (SSSR count). The Labute approximate surface area is 159 Å². The fourth-order valence-electron chi connectivity index (χ4n) is 4.40. The number of Topliss-reactive ketones (excluding diaryl/α,β-unsaturated/α-hetero) is 1. The molecule has 0 spiro atoms. The fraction of sp³-hybridized carbons (Fsp3) is 0.500. The predicted octanol–water partition coefficient (Wildman–Crippen LogP) is 3.94. The van der Waals surface area contributed by atoms with E-state index in [0.29, 0.717) is 30.9 Å². The maximum absolute atomic E-state index is 12.8. The van der Waals surface area contributed by atoms with Gasteiger partial charge in [0.1, 0.15) is 5.78 Å². The second kappa shape index (κ2) is 7.67. The van der Waals surface area contributed by atoms with E-state index in [-0.39, 0.29) is 17.9 Å². The molecule has 142 valence electrons. The highest BCUT2D eigenvalue weighted by Gasteiger charge is 2.39. The minimum atomic E-state index is 0.0614. The van der Waals surface area contributed by atoms with Crippen LogP contribution < -0.4 is 0 Å². The second-order valence-corrected chi connectivity index (χ2v) is 7.75. The lowest BCUT2D eigenvalue weighted by Gasteiger charge is -2.28. The summed E-state index contributed by atoms with van der Waals surface area (Å²) in [7, 11) is 0. The van der Waals surface area contributed by atoms with Crippen molar-refractivity contribution in [3.05, 3.63) is 41.9 Å². The maximum atomic E-state index is 12.8. The molecule has 0 unspecified atom stereocenters.